The molecule has 0 saturated carbocycles. The lowest BCUT2D eigenvalue weighted by Gasteiger charge is -2.22. The average Bonchev–Trinajstić information content (AvgIpc) is 3.48. The molecule has 0 N–H and O–H groups in total. The van der Waals surface area contributed by atoms with E-state index in [0.717, 1.165) is 43.0 Å². The minimum absolute atomic E-state index is 0.0574. The number of benzene rings is 3. The summed E-state index contributed by atoms with van der Waals surface area (Å²) in [4.78, 5) is 15.2. The molecule has 3 aromatic carbocycles. The summed E-state index contributed by atoms with van der Waals surface area (Å²) in [7, 11) is 2.06. The number of aromatic nitrogens is 1. The first-order valence-electron chi connectivity index (χ1n) is 11.4. The molecular formula is C28H27ClN2O2. The number of para-hydroxylation sites is 1. The number of likely N-dealkylation sites (tertiary alicyclic amines) is 1. The molecule has 0 radical (unpaired) electrons. The number of amides is 1. The second-order valence-corrected chi connectivity index (χ2v) is 9.12. The van der Waals surface area contributed by atoms with Gasteiger partial charge in [0.25, 0.3) is 0 Å². The Hall–Kier alpha value is -3.24. The minimum atomic E-state index is -0.0574. The van der Waals surface area contributed by atoms with Crippen LogP contribution >= 0.6 is 11.6 Å². The van der Waals surface area contributed by atoms with E-state index in [-0.39, 0.29) is 11.8 Å². The maximum Gasteiger partial charge on any atom is 0.223 e. The lowest BCUT2D eigenvalue weighted by atomic mass is 9.87. The van der Waals surface area contributed by atoms with Gasteiger partial charge in [0.05, 0.1) is 0 Å². The number of hydrogen-bond donors (Lipinski definition) is 0. The van der Waals surface area contributed by atoms with Crippen molar-refractivity contribution in [3.8, 4) is 11.5 Å². The quantitative estimate of drug-likeness (QED) is 0.319. The molecule has 168 valence electrons. The number of nitrogens with zero attached hydrogens (tertiary/aromatic N) is 2. The number of ether oxygens (including phenoxy) is 1. The smallest absolute Gasteiger partial charge is 0.223 e. The van der Waals surface area contributed by atoms with Gasteiger partial charge in [-0.3, -0.25) is 4.79 Å². The molecule has 1 aromatic heterocycles. The Kier molecular flexibility index (Phi) is 6.10. The number of carbonyl (C=O) groups excluding carboxylic acids is 1. The standard InChI is InChI=1S/C28H27ClN2O2/c1-30-19-26(24-9-2-3-10-27(24)30)25(18-28(32)31-15-4-5-16-31)20-7-6-8-23(17-20)33-22-13-11-21(29)12-14-22/h2-3,6-14,17,19,25H,4-5,15-16,18H2,1H3/t25-/m0/s1. The first-order chi connectivity index (χ1) is 16.1. The Bertz CT molecular complexity index is 1270. The van der Waals surface area contributed by atoms with E-state index >= 15 is 0 Å². The summed E-state index contributed by atoms with van der Waals surface area (Å²) in [5, 5.41) is 1.86. The summed E-state index contributed by atoms with van der Waals surface area (Å²) in [5.74, 6) is 1.63. The van der Waals surface area contributed by atoms with Crippen molar-refractivity contribution in [2.45, 2.75) is 25.2 Å². The van der Waals surface area contributed by atoms with Gasteiger partial charge in [0, 0.05) is 54.6 Å². The van der Waals surface area contributed by atoms with E-state index in [2.05, 4.69) is 54.2 Å². The highest BCUT2D eigenvalue weighted by Crippen LogP contribution is 2.37. The number of fused-ring (bicyclic) bond motifs is 1. The van der Waals surface area contributed by atoms with Crippen LogP contribution in [-0.4, -0.2) is 28.5 Å². The monoisotopic (exact) mass is 458 g/mol. The largest absolute Gasteiger partial charge is 0.457 e. The normalized spacial score (nSPS) is 14.5. The number of rotatable bonds is 6. The molecule has 1 aliphatic heterocycles. The molecule has 2 heterocycles. The molecule has 0 unspecified atom stereocenters. The van der Waals surface area contributed by atoms with Gasteiger partial charge in [0.1, 0.15) is 11.5 Å². The van der Waals surface area contributed by atoms with E-state index in [0.29, 0.717) is 11.4 Å². The van der Waals surface area contributed by atoms with Crippen LogP contribution < -0.4 is 4.74 Å². The van der Waals surface area contributed by atoms with Crippen molar-refractivity contribution in [2.75, 3.05) is 13.1 Å². The maximum absolute atomic E-state index is 13.2. The molecule has 5 rings (SSSR count). The Labute approximate surface area is 199 Å². The van der Waals surface area contributed by atoms with Gasteiger partial charge in [0.2, 0.25) is 5.91 Å². The molecule has 1 saturated heterocycles. The molecule has 0 aliphatic carbocycles. The molecule has 33 heavy (non-hydrogen) atoms. The molecule has 5 heteroatoms. The van der Waals surface area contributed by atoms with Crippen molar-refractivity contribution in [3.63, 3.8) is 0 Å². The van der Waals surface area contributed by atoms with Crippen molar-refractivity contribution in [3.05, 3.63) is 95.1 Å². The van der Waals surface area contributed by atoms with Gasteiger partial charge in [-0.05, 0) is 66.4 Å². The van der Waals surface area contributed by atoms with Crippen LogP contribution in [-0.2, 0) is 11.8 Å². The number of hydrogen-bond acceptors (Lipinski definition) is 2. The molecule has 0 spiro atoms. The second kappa shape index (κ2) is 9.32. The Balaban J connectivity index is 1.52. The van der Waals surface area contributed by atoms with Gasteiger partial charge in [0.15, 0.2) is 0 Å². The number of halogens is 1. The molecule has 1 atom stereocenters. The van der Waals surface area contributed by atoms with E-state index in [1.165, 1.54) is 16.5 Å². The van der Waals surface area contributed by atoms with Gasteiger partial charge in [-0.25, -0.2) is 0 Å². The zero-order chi connectivity index (χ0) is 22.8. The fourth-order valence-electron chi connectivity index (χ4n) is 4.76. The summed E-state index contributed by atoms with van der Waals surface area (Å²) in [6, 6.07) is 23.8. The summed E-state index contributed by atoms with van der Waals surface area (Å²) >= 11 is 6.01. The van der Waals surface area contributed by atoms with Crippen LogP contribution in [0.4, 0.5) is 0 Å². The third-order valence-electron chi connectivity index (χ3n) is 6.45. The first kappa shape index (κ1) is 21.6. The van der Waals surface area contributed by atoms with Crippen molar-refractivity contribution in [1.29, 1.82) is 0 Å². The number of aryl methyl sites for hydroxylation is 1. The Morgan fingerprint density at radius 1 is 0.970 bits per heavy atom. The van der Waals surface area contributed by atoms with Crippen LogP contribution in [0.2, 0.25) is 5.02 Å². The zero-order valence-corrected chi connectivity index (χ0v) is 19.5. The van der Waals surface area contributed by atoms with Gasteiger partial charge in [-0.15, -0.1) is 0 Å². The van der Waals surface area contributed by atoms with Gasteiger partial charge in [-0.2, -0.15) is 0 Å². The molecule has 1 fully saturated rings. The highest BCUT2D eigenvalue weighted by atomic mass is 35.5. The molecule has 4 nitrogen and oxygen atoms in total. The Morgan fingerprint density at radius 3 is 2.52 bits per heavy atom. The molecule has 4 aromatic rings. The van der Waals surface area contributed by atoms with E-state index in [1.54, 1.807) is 0 Å². The van der Waals surface area contributed by atoms with Crippen LogP contribution in [0, 0.1) is 0 Å². The highest BCUT2D eigenvalue weighted by Gasteiger charge is 2.26. The van der Waals surface area contributed by atoms with Crippen molar-refractivity contribution in [2.24, 2.45) is 7.05 Å². The third-order valence-corrected chi connectivity index (χ3v) is 6.70. The molecule has 0 bridgehead atoms. The lowest BCUT2D eigenvalue weighted by Crippen LogP contribution is -2.29. The Morgan fingerprint density at radius 2 is 1.73 bits per heavy atom. The summed E-state index contributed by atoms with van der Waals surface area (Å²) in [6.07, 6.45) is 4.79. The predicted molar refractivity (Wildman–Crippen MR) is 133 cm³/mol. The molecule has 1 amide bonds. The first-order valence-corrected chi connectivity index (χ1v) is 11.8. The van der Waals surface area contributed by atoms with E-state index in [9.17, 15) is 4.79 Å². The summed E-state index contributed by atoms with van der Waals surface area (Å²) in [6.45, 7) is 1.72. The SMILES string of the molecule is Cn1cc([C@@H](CC(=O)N2CCCC2)c2cccc(Oc3ccc(Cl)cc3)c2)c2ccccc21. The highest BCUT2D eigenvalue weighted by molar-refractivity contribution is 6.30. The summed E-state index contributed by atoms with van der Waals surface area (Å²) < 4.78 is 8.24. The van der Waals surface area contributed by atoms with Crippen LogP contribution in [0.25, 0.3) is 10.9 Å². The number of carbonyl (C=O) groups is 1. The van der Waals surface area contributed by atoms with Gasteiger partial charge >= 0.3 is 0 Å². The van der Waals surface area contributed by atoms with Gasteiger partial charge < -0.3 is 14.2 Å². The average molecular weight is 459 g/mol. The zero-order valence-electron chi connectivity index (χ0n) is 18.7. The van der Waals surface area contributed by atoms with Crippen LogP contribution in [0.1, 0.15) is 36.3 Å². The van der Waals surface area contributed by atoms with Crippen molar-refractivity contribution in [1.82, 2.24) is 9.47 Å². The van der Waals surface area contributed by atoms with E-state index in [1.807, 2.05) is 41.3 Å². The van der Waals surface area contributed by atoms with Gasteiger partial charge in [-0.1, -0.05) is 41.9 Å². The third kappa shape index (κ3) is 4.62. The van der Waals surface area contributed by atoms with E-state index < -0.39 is 0 Å². The van der Waals surface area contributed by atoms with Crippen LogP contribution in [0.15, 0.2) is 79.0 Å². The summed E-state index contributed by atoms with van der Waals surface area (Å²) in [5.41, 5.74) is 3.41. The fourth-order valence-corrected chi connectivity index (χ4v) is 4.89. The van der Waals surface area contributed by atoms with Crippen molar-refractivity contribution < 1.29 is 9.53 Å². The van der Waals surface area contributed by atoms with Crippen LogP contribution in [0.5, 0.6) is 11.5 Å². The second-order valence-electron chi connectivity index (χ2n) is 8.69. The van der Waals surface area contributed by atoms with Crippen molar-refractivity contribution >= 4 is 28.4 Å². The maximum atomic E-state index is 13.2. The fraction of sp³-hybridized carbons (Fsp3) is 0.250. The van der Waals surface area contributed by atoms with Crippen LogP contribution in [0.3, 0.4) is 0 Å². The molecular weight excluding hydrogens is 432 g/mol. The molecule has 1 aliphatic rings. The predicted octanol–water partition coefficient (Wildman–Crippen LogP) is 6.77. The topological polar surface area (TPSA) is 34.5 Å². The lowest BCUT2D eigenvalue weighted by molar-refractivity contribution is -0.130. The van der Waals surface area contributed by atoms with E-state index in [4.69, 9.17) is 16.3 Å². The minimum Gasteiger partial charge on any atom is -0.457 e.